The van der Waals surface area contributed by atoms with Gasteiger partial charge in [0, 0.05) is 5.88 Å². The van der Waals surface area contributed by atoms with Gasteiger partial charge in [-0.1, -0.05) is 6.55 Å². The van der Waals surface area contributed by atoms with E-state index in [4.69, 9.17) is 11.6 Å². The van der Waals surface area contributed by atoms with E-state index in [-0.39, 0.29) is 0 Å². The monoisotopic (exact) mass is 134 g/mol. The highest BCUT2D eigenvalue weighted by atomic mass is 35.5. The third-order valence-electron chi connectivity index (χ3n) is 0.967. The molecule has 0 radical (unpaired) electrons. The highest BCUT2D eigenvalue weighted by molar-refractivity contribution is 6.63. The first kappa shape index (κ1) is 7.25. The summed E-state index contributed by atoms with van der Waals surface area (Å²) in [6, 6.07) is 1.19. The predicted molar refractivity (Wildman–Crippen MR) is 38.7 cm³/mol. The van der Waals surface area contributed by atoms with Crippen LogP contribution in [-0.4, -0.2) is 14.7 Å². The van der Waals surface area contributed by atoms with E-state index in [1.807, 2.05) is 0 Å². The van der Waals surface area contributed by atoms with Crippen molar-refractivity contribution < 1.29 is 0 Å². The van der Waals surface area contributed by atoms with Crippen molar-refractivity contribution in [3.05, 3.63) is 12.3 Å². The molecule has 2 heteroatoms. The molecule has 0 aromatic heterocycles. The van der Waals surface area contributed by atoms with E-state index in [9.17, 15) is 0 Å². The largest absolute Gasteiger partial charge is 0.127 e. The summed E-state index contributed by atoms with van der Waals surface area (Å²) in [6.45, 7) is 5.93. The van der Waals surface area contributed by atoms with Gasteiger partial charge in [-0.25, -0.2) is 0 Å². The lowest BCUT2D eigenvalue weighted by Crippen LogP contribution is -2.01. The maximum Gasteiger partial charge on any atom is 0.0588 e. The average Bonchev–Trinajstić information content (AvgIpc) is 1.68. The van der Waals surface area contributed by atoms with Crippen LogP contribution in [0.25, 0.3) is 0 Å². The zero-order chi connectivity index (χ0) is 5.70. The molecule has 0 saturated heterocycles. The minimum atomic E-state index is -0.549. The lowest BCUT2D eigenvalue weighted by Gasteiger charge is -1.95. The second-order valence-electron chi connectivity index (χ2n) is 1.69. The summed E-state index contributed by atoms with van der Waals surface area (Å²) < 4.78 is 0. The van der Waals surface area contributed by atoms with Gasteiger partial charge in [0.05, 0.1) is 8.80 Å². The molecule has 0 rings (SSSR count). The number of rotatable bonds is 3. The SMILES string of the molecule is C=C[SiH](C)CCCl. The van der Waals surface area contributed by atoms with Crippen LogP contribution in [0.5, 0.6) is 0 Å². The van der Waals surface area contributed by atoms with Gasteiger partial charge in [-0.2, -0.15) is 0 Å². The molecular weight excluding hydrogens is 124 g/mol. The summed E-state index contributed by atoms with van der Waals surface area (Å²) in [5.74, 6) is 0.805. The van der Waals surface area contributed by atoms with Gasteiger partial charge in [0.1, 0.15) is 0 Å². The van der Waals surface area contributed by atoms with Crippen molar-refractivity contribution in [2.75, 3.05) is 5.88 Å². The lowest BCUT2D eigenvalue weighted by atomic mass is 11.0. The van der Waals surface area contributed by atoms with Crippen LogP contribution in [0.4, 0.5) is 0 Å². The van der Waals surface area contributed by atoms with Crippen molar-refractivity contribution in [2.24, 2.45) is 0 Å². The minimum absolute atomic E-state index is 0.549. The Hall–Kier alpha value is 0.247. The molecule has 42 valence electrons. The Kier molecular flexibility index (Phi) is 4.56. The van der Waals surface area contributed by atoms with Gasteiger partial charge in [0.15, 0.2) is 0 Å². The van der Waals surface area contributed by atoms with E-state index in [0.717, 1.165) is 5.88 Å². The maximum atomic E-state index is 5.46. The second kappa shape index (κ2) is 4.41. The van der Waals surface area contributed by atoms with Gasteiger partial charge >= 0.3 is 0 Å². The van der Waals surface area contributed by atoms with Crippen LogP contribution in [-0.2, 0) is 0 Å². The molecular formula is C5H11ClSi. The van der Waals surface area contributed by atoms with Crippen molar-refractivity contribution in [1.82, 2.24) is 0 Å². The van der Waals surface area contributed by atoms with Crippen LogP contribution in [0, 0.1) is 0 Å². The van der Waals surface area contributed by atoms with Crippen molar-refractivity contribution in [1.29, 1.82) is 0 Å². The summed E-state index contributed by atoms with van der Waals surface area (Å²) in [6.07, 6.45) is 0. The molecule has 0 heterocycles. The molecule has 0 amide bonds. The fourth-order valence-corrected chi connectivity index (χ4v) is 1.90. The Morgan fingerprint density at radius 2 is 2.43 bits per heavy atom. The van der Waals surface area contributed by atoms with Crippen LogP contribution in [0.2, 0.25) is 12.6 Å². The van der Waals surface area contributed by atoms with Crippen LogP contribution in [0.3, 0.4) is 0 Å². The van der Waals surface area contributed by atoms with Gasteiger partial charge in [-0.05, 0) is 6.04 Å². The minimum Gasteiger partial charge on any atom is -0.127 e. The molecule has 0 bridgehead atoms. The smallest absolute Gasteiger partial charge is 0.0588 e. The summed E-state index contributed by atoms with van der Waals surface area (Å²) in [7, 11) is -0.549. The maximum absolute atomic E-state index is 5.46. The van der Waals surface area contributed by atoms with E-state index < -0.39 is 8.80 Å². The van der Waals surface area contributed by atoms with Crippen molar-refractivity contribution in [2.45, 2.75) is 12.6 Å². The lowest BCUT2D eigenvalue weighted by molar-refractivity contribution is 1.44. The Morgan fingerprint density at radius 3 is 2.57 bits per heavy atom. The quantitative estimate of drug-likeness (QED) is 0.408. The average molecular weight is 135 g/mol. The first-order valence-electron chi connectivity index (χ1n) is 2.49. The first-order chi connectivity index (χ1) is 3.31. The highest BCUT2D eigenvalue weighted by Gasteiger charge is 1.92. The van der Waals surface area contributed by atoms with Gasteiger partial charge in [-0.15, -0.1) is 23.9 Å². The first-order valence-corrected chi connectivity index (χ1v) is 5.67. The summed E-state index contributed by atoms with van der Waals surface area (Å²) in [5, 5.41) is 0. The highest BCUT2D eigenvalue weighted by Crippen LogP contribution is 1.93. The Bertz CT molecular complexity index is 54.0. The molecule has 1 atom stereocenters. The second-order valence-corrected chi connectivity index (χ2v) is 5.07. The van der Waals surface area contributed by atoms with Gasteiger partial charge in [-0.3, -0.25) is 0 Å². The number of hydrogen-bond acceptors (Lipinski definition) is 0. The molecule has 0 aliphatic rings. The number of hydrogen-bond donors (Lipinski definition) is 0. The fourth-order valence-electron chi connectivity index (χ4n) is 0.290. The Morgan fingerprint density at radius 1 is 1.86 bits per heavy atom. The molecule has 1 unspecified atom stereocenters. The van der Waals surface area contributed by atoms with E-state index in [2.05, 4.69) is 18.8 Å². The fraction of sp³-hybridized carbons (Fsp3) is 0.600. The van der Waals surface area contributed by atoms with Crippen molar-refractivity contribution >= 4 is 20.4 Å². The molecule has 0 aromatic carbocycles. The standard InChI is InChI=1S/C5H11ClSi/c1-3-7(2)5-4-6/h3,7H,1,4-5H2,2H3. The summed E-state index contributed by atoms with van der Waals surface area (Å²) in [4.78, 5) is 0. The predicted octanol–water partition coefficient (Wildman–Crippen LogP) is 1.81. The van der Waals surface area contributed by atoms with Crippen LogP contribution in [0.1, 0.15) is 0 Å². The topological polar surface area (TPSA) is 0 Å². The Balaban J connectivity index is 2.98. The van der Waals surface area contributed by atoms with E-state index in [1.54, 1.807) is 0 Å². The number of alkyl halides is 1. The summed E-state index contributed by atoms with van der Waals surface area (Å²) in [5.41, 5.74) is 2.06. The normalized spacial score (nSPS) is 13.4. The zero-order valence-electron chi connectivity index (χ0n) is 4.65. The van der Waals surface area contributed by atoms with Crippen LogP contribution >= 0.6 is 11.6 Å². The molecule has 0 aliphatic heterocycles. The molecule has 0 nitrogen and oxygen atoms in total. The van der Waals surface area contributed by atoms with Crippen molar-refractivity contribution in [3.63, 3.8) is 0 Å². The van der Waals surface area contributed by atoms with Crippen molar-refractivity contribution in [3.8, 4) is 0 Å². The molecule has 0 aliphatic carbocycles. The van der Waals surface area contributed by atoms with Crippen LogP contribution < -0.4 is 0 Å². The number of halogens is 1. The zero-order valence-corrected chi connectivity index (χ0v) is 6.56. The molecule has 0 saturated carbocycles. The van der Waals surface area contributed by atoms with E-state index in [0.29, 0.717) is 0 Å². The molecule has 0 aromatic rings. The van der Waals surface area contributed by atoms with E-state index in [1.165, 1.54) is 6.04 Å². The molecule has 0 spiro atoms. The third-order valence-corrected chi connectivity index (χ3v) is 3.56. The molecule has 7 heavy (non-hydrogen) atoms. The van der Waals surface area contributed by atoms with Crippen LogP contribution in [0.15, 0.2) is 12.3 Å². The Labute approximate surface area is 51.8 Å². The van der Waals surface area contributed by atoms with Gasteiger partial charge in [0.2, 0.25) is 0 Å². The molecule has 0 fully saturated rings. The van der Waals surface area contributed by atoms with Gasteiger partial charge < -0.3 is 0 Å². The van der Waals surface area contributed by atoms with E-state index >= 15 is 0 Å². The third kappa shape index (κ3) is 4.09. The van der Waals surface area contributed by atoms with Gasteiger partial charge in [0.25, 0.3) is 0 Å². The summed E-state index contributed by atoms with van der Waals surface area (Å²) >= 11 is 5.46. The molecule has 0 N–H and O–H groups in total.